The normalized spacial score (nSPS) is 9.95. The number of esters is 1. The second-order valence-electron chi connectivity index (χ2n) is 4.54. The van der Waals surface area contributed by atoms with Crippen molar-refractivity contribution in [1.29, 1.82) is 0 Å². The van der Waals surface area contributed by atoms with Crippen molar-refractivity contribution in [2.75, 3.05) is 11.9 Å². The van der Waals surface area contributed by atoms with E-state index in [9.17, 15) is 9.59 Å². The Hall–Kier alpha value is -2.40. The van der Waals surface area contributed by atoms with E-state index in [1.807, 2.05) is 11.4 Å². The first-order valence-corrected chi connectivity index (χ1v) is 7.20. The van der Waals surface area contributed by atoms with Gasteiger partial charge in [0, 0.05) is 5.69 Å². The van der Waals surface area contributed by atoms with Crippen LogP contribution in [0.1, 0.15) is 27.0 Å². The van der Waals surface area contributed by atoms with Crippen LogP contribution in [0.25, 0.3) is 0 Å². The molecule has 2 aromatic rings. The maximum Gasteiger partial charge on any atom is 0.338 e. The number of ether oxygens (including phenoxy) is 1. The molecule has 0 aliphatic heterocycles. The lowest BCUT2D eigenvalue weighted by molar-refractivity contribution is 0.0540. The molecule has 0 saturated carbocycles. The molecule has 0 saturated heterocycles. The van der Waals surface area contributed by atoms with Crippen LogP contribution in [0.2, 0.25) is 0 Å². The number of carbonyl (C=O) groups is 2. The molecule has 0 aliphatic carbocycles. The molecule has 0 fully saturated rings. The third kappa shape index (κ3) is 4.29. The fourth-order valence-corrected chi connectivity index (χ4v) is 2.18. The van der Waals surface area contributed by atoms with Gasteiger partial charge in [-0.15, -0.1) is 11.3 Å². The molecule has 0 radical (unpaired) electrons. The van der Waals surface area contributed by atoms with Crippen molar-refractivity contribution in [3.05, 3.63) is 64.4 Å². The molecule has 0 atom stereocenters. The van der Waals surface area contributed by atoms with Crippen molar-refractivity contribution >= 4 is 28.9 Å². The summed E-state index contributed by atoms with van der Waals surface area (Å²) < 4.78 is 5.05. The van der Waals surface area contributed by atoms with E-state index in [-0.39, 0.29) is 12.5 Å². The third-order valence-electron chi connectivity index (χ3n) is 2.57. The summed E-state index contributed by atoms with van der Waals surface area (Å²) >= 11 is 1.37. The van der Waals surface area contributed by atoms with E-state index >= 15 is 0 Å². The Morgan fingerprint density at radius 2 is 1.95 bits per heavy atom. The Morgan fingerprint density at radius 3 is 2.52 bits per heavy atom. The summed E-state index contributed by atoms with van der Waals surface area (Å²) in [7, 11) is 0. The van der Waals surface area contributed by atoms with Crippen LogP contribution < -0.4 is 5.32 Å². The van der Waals surface area contributed by atoms with Gasteiger partial charge in [0.15, 0.2) is 0 Å². The molecular weight excluding hydrogens is 286 g/mol. The minimum absolute atomic E-state index is 0.164. The predicted octanol–water partition coefficient (Wildman–Crippen LogP) is 3.73. The van der Waals surface area contributed by atoms with E-state index in [0.29, 0.717) is 16.1 Å². The van der Waals surface area contributed by atoms with Gasteiger partial charge in [0.1, 0.15) is 6.61 Å². The average molecular weight is 301 g/mol. The molecule has 0 unspecified atom stereocenters. The summed E-state index contributed by atoms with van der Waals surface area (Å²) in [6.07, 6.45) is 0. The number of amides is 1. The van der Waals surface area contributed by atoms with Crippen LogP contribution in [-0.2, 0) is 4.74 Å². The highest BCUT2D eigenvalue weighted by Gasteiger charge is 2.09. The van der Waals surface area contributed by atoms with E-state index in [4.69, 9.17) is 4.74 Å². The van der Waals surface area contributed by atoms with E-state index < -0.39 is 5.97 Å². The lowest BCUT2D eigenvalue weighted by atomic mass is 10.2. The van der Waals surface area contributed by atoms with Crippen molar-refractivity contribution < 1.29 is 14.3 Å². The summed E-state index contributed by atoms with van der Waals surface area (Å²) in [5, 5.41) is 4.61. The first-order valence-electron chi connectivity index (χ1n) is 6.32. The van der Waals surface area contributed by atoms with Gasteiger partial charge in [-0.2, -0.15) is 0 Å². The Bertz CT molecular complexity index is 645. The highest BCUT2D eigenvalue weighted by molar-refractivity contribution is 7.12. The van der Waals surface area contributed by atoms with Crippen molar-refractivity contribution in [3.8, 4) is 0 Å². The highest BCUT2D eigenvalue weighted by Crippen LogP contribution is 2.14. The summed E-state index contributed by atoms with van der Waals surface area (Å²) in [6.45, 7) is 5.66. The van der Waals surface area contributed by atoms with Crippen molar-refractivity contribution in [3.63, 3.8) is 0 Å². The number of carbonyl (C=O) groups excluding carboxylic acids is 2. The molecule has 21 heavy (non-hydrogen) atoms. The number of thiophene rings is 1. The third-order valence-corrected chi connectivity index (χ3v) is 3.44. The van der Waals surface area contributed by atoms with Gasteiger partial charge in [0.05, 0.1) is 10.4 Å². The summed E-state index contributed by atoms with van der Waals surface area (Å²) in [6, 6.07) is 10.1. The standard InChI is InChI=1S/C16H15NO3S/c1-11(2)10-20-16(19)12-5-7-13(8-6-12)17-15(18)14-4-3-9-21-14/h3-9H,1,10H2,2H3,(H,17,18). The molecular formula is C16H15NO3S. The minimum atomic E-state index is -0.408. The topological polar surface area (TPSA) is 55.4 Å². The van der Waals surface area contributed by atoms with Gasteiger partial charge >= 0.3 is 5.97 Å². The maximum atomic E-state index is 11.9. The van der Waals surface area contributed by atoms with Gasteiger partial charge in [-0.1, -0.05) is 12.6 Å². The van der Waals surface area contributed by atoms with Crippen molar-refractivity contribution in [2.24, 2.45) is 0 Å². The van der Waals surface area contributed by atoms with Gasteiger partial charge in [0.2, 0.25) is 0 Å². The fraction of sp³-hybridized carbons (Fsp3) is 0.125. The van der Waals surface area contributed by atoms with E-state index in [0.717, 1.165) is 5.57 Å². The predicted molar refractivity (Wildman–Crippen MR) is 83.8 cm³/mol. The molecule has 1 aromatic heterocycles. The Kier molecular flexibility index (Phi) is 4.90. The maximum absolute atomic E-state index is 11.9. The zero-order chi connectivity index (χ0) is 15.2. The Morgan fingerprint density at radius 1 is 1.24 bits per heavy atom. The molecule has 0 bridgehead atoms. The molecule has 0 spiro atoms. The van der Waals surface area contributed by atoms with Gasteiger partial charge in [0.25, 0.3) is 5.91 Å². The molecule has 4 nitrogen and oxygen atoms in total. The molecule has 1 heterocycles. The van der Waals surface area contributed by atoms with Gasteiger partial charge in [-0.3, -0.25) is 4.79 Å². The smallest absolute Gasteiger partial charge is 0.338 e. The number of nitrogens with one attached hydrogen (secondary N) is 1. The Balaban J connectivity index is 1.97. The minimum Gasteiger partial charge on any atom is -0.458 e. The van der Waals surface area contributed by atoms with Crippen LogP contribution in [0.4, 0.5) is 5.69 Å². The van der Waals surface area contributed by atoms with Gasteiger partial charge in [-0.25, -0.2) is 4.79 Å². The number of anilines is 1. The number of rotatable bonds is 5. The summed E-state index contributed by atoms with van der Waals surface area (Å²) in [5.74, 6) is -0.572. The van der Waals surface area contributed by atoms with Crippen LogP contribution in [0.5, 0.6) is 0 Å². The zero-order valence-corrected chi connectivity index (χ0v) is 12.4. The molecule has 1 amide bonds. The Labute approximate surface area is 127 Å². The average Bonchev–Trinajstić information content (AvgIpc) is 3.00. The number of hydrogen-bond acceptors (Lipinski definition) is 4. The molecule has 1 aromatic carbocycles. The monoisotopic (exact) mass is 301 g/mol. The van der Waals surface area contributed by atoms with Crippen LogP contribution in [0, 0.1) is 0 Å². The first kappa shape index (κ1) is 15.0. The van der Waals surface area contributed by atoms with Crippen LogP contribution in [0.15, 0.2) is 53.9 Å². The van der Waals surface area contributed by atoms with E-state index in [1.54, 1.807) is 37.3 Å². The lowest BCUT2D eigenvalue weighted by Crippen LogP contribution is -2.11. The fourth-order valence-electron chi connectivity index (χ4n) is 1.56. The highest BCUT2D eigenvalue weighted by atomic mass is 32.1. The quantitative estimate of drug-likeness (QED) is 0.676. The molecule has 1 N–H and O–H groups in total. The molecule has 0 aliphatic rings. The first-order chi connectivity index (χ1) is 10.1. The van der Waals surface area contributed by atoms with Crippen molar-refractivity contribution in [1.82, 2.24) is 0 Å². The second-order valence-corrected chi connectivity index (χ2v) is 5.49. The van der Waals surface area contributed by atoms with Crippen LogP contribution in [0.3, 0.4) is 0 Å². The van der Waals surface area contributed by atoms with E-state index in [2.05, 4.69) is 11.9 Å². The van der Waals surface area contributed by atoms with Crippen LogP contribution >= 0.6 is 11.3 Å². The van der Waals surface area contributed by atoms with Gasteiger partial charge in [-0.05, 0) is 48.2 Å². The second kappa shape index (κ2) is 6.85. The molecule has 108 valence electrons. The molecule has 5 heteroatoms. The summed E-state index contributed by atoms with van der Waals surface area (Å²) in [4.78, 5) is 24.2. The molecule has 2 rings (SSSR count). The van der Waals surface area contributed by atoms with Crippen molar-refractivity contribution in [2.45, 2.75) is 6.92 Å². The lowest BCUT2D eigenvalue weighted by Gasteiger charge is -2.06. The number of hydrogen-bond donors (Lipinski definition) is 1. The SMILES string of the molecule is C=C(C)COC(=O)c1ccc(NC(=O)c2cccs2)cc1. The van der Waals surface area contributed by atoms with E-state index in [1.165, 1.54) is 11.3 Å². The largest absolute Gasteiger partial charge is 0.458 e. The zero-order valence-electron chi connectivity index (χ0n) is 11.6. The number of benzene rings is 1. The van der Waals surface area contributed by atoms with Crippen LogP contribution in [-0.4, -0.2) is 18.5 Å². The van der Waals surface area contributed by atoms with Gasteiger partial charge < -0.3 is 10.1 Å². The summed E-state index contributed by atoms with van der Waals surface area (Å²) in [5.41, 5.74) is 1.85.